The fourth-order valence-electron chi connectivity index (χ4n) is 3.73. The second-order valence-electron chi connectivity index (χ2n) is 7.51. The van der Waals surface area contributed by atoms with E-state index in [1.165, 1.54) is 5.56 Å². The van der Waals surface area contributed by atoms with Crippen LogP contribution >= 0.6 is 0 Å². The van der Waals surface area contributed by atoms with Crippen molar-refractivity contribution in [3.8, 4) is 5.75 Å². The molecule has 0 bridgehead atoms. The number of hydrogen-bond donors (Lipinski definition) is 1. The first kappa shape index (κ1) is 23.0. The largest absolute Gasteiger partial charge is 0.497 e. The lowest BCUT2D eigenvalue weighted by molar-refractivity contribution is -0.192. The number of hydrogen-bond acceptors (Lipinski definition) is 7. The third-order valence-corrected chi connectivity index (χ3v) is 5.26. The van der Waals surface area contributed by atoms with Gasteiger partial charge >= 0.3 is 12.1 Å². The van der Waals surface area contributed by atoms with Gasteiger partial charge in [-0.05, 0) is 49.9 Å². The van der Waals surface area contributed by atoms with E-state index in [-0.39, 0.29) is 12.2 Å². The molecule has 1 aromatic carbocycles. The number of carbonyl (C=O) groups is 1. The number of methoxy groups -OCH3 is 1. The van der Waals surface area contributed by atoms with Gasteiger partial charge in [0, 0.05) is 13.1 Å². The Morgan fingerprint density at radius 1 is 1.32 bits per heavy atom. The third-order valence-electron chi connectivity index (χ3n) is 5.26. The number of fused-ring (bicyclic) bond motifs is 1. The number of benzene rings is 1. The number of rotatable bonds is 4. The molecule has 2 saturated heterocycles. The number of likely N-dealkylation sites (tertiary alicyclic amines) is 1. The first-order valence-electron chi connectivity index (χ1n) is 9.76. The van der Waals surface area contributed by atoms with Crippen LogP contribution in [0.4, 0.5) is 13.2 Å². The van der Waals surface area contributed by atoms with Crippen molar-refractivity contribution in [3.05, 3.63) is 41.5 Å². The Bertz CT molecular complexity index is 872. The van der Waals surface area contributed by atoms with Gasteiger partial charge in [-0.2, -0.15) is 18.2 Å². The van der Waals surface area contributed by atoms with Crippen molar-refractivity contribution in [2.24, 2.45) is 5.92 Å². The summed E-state index contributed by atoms with van der Waals surface area (Å²) in [5.74, 6) is 0.0318. The summed E-state index contributed by atoms with van der Waals surface area (Å²) in [5.41, 5.74) is 1.30. The van der Waals surface area contributed by atoms with Crippen LogP contribution < -0.4 is 4.74 Å². The van der Waals surface area contributed by atoms with Gasteiger partial charge in [0.2, 0.25) is 0 Å². The molecule has 31 heavy (non-hydrogen) atoms. The molecule has 1 aromatic heterocycles. The van der Waals surface area contributed by atoms with Gasteiger partial charge in [-0.25, -0.2) is 4.79 Å². The van der Waals surface area contributed by atoms with Crippen LogP contribution in [0.3, 0.4) is 0 Å². The number of carboxylic acid groups (broad SMARTS) is 1. The maximum absolute atomic E-state index is 10.6. The van der Waals surface area contributed by atoms with E-state index in [0.29, 0.717) is 17.6 Å². The summed E-state index contributed by atoms with van der Waals surface area (Å²) in [4.78, 5) is 15.7. The number of piperidine rings is 1. The molecule has 3 atom stereocenters. The predicted octanol–water partition coefficient (Wildman–Crippen LogP) is 3.37. The van der Waals surface area contributed by atoms with Gasteiger partial charge in [-0.3, -0.25) is 4.90 Å². The summed E-state index contributed by atoms with van der Waals surface area (Å²) < 4.78 is 48.5. The highest BCUT2D eigenvalue weighted by molar-refractivity contribution is 5.73. The standard InChI is InChI=1S/C18H23N3O3.C2HF3O2/c1-12-19-18(24-20-12)16-9-14-7-8-21(11-17(14)23-16)10-13-3-5-15(22-2)6-4-13;3-2(4,5)1(6)7/h3-6,14,16-17H,7-11H2,1-2H3;(H,6,7)/t14-,16+,17+;/m0./s1. The Labute approximate surface area is 176 Å². The number of aliphatic carboxylic acids is 1. The number of carboxylic acids is 1. The zero-order valence-electron chi connectivity index (χ0n) is 17.1. The fourth-order valence-corrected chi connectivity index (χ4v) is 3.73. The number of halogens is 3. The maximum Gasteiger partial charge on any atom is 0.490 e. The summed E-state index contributed by atoms with van der Waals surface area (Å²) in [6, 6.07) is 8.29. The minimum Gasteiger partial charge on any atom is -0.497 e. The van der Waals surface area contributed by atoms with E-state index in [1.807, 2.05) is 19.1 Å². The number of ether oxygens (including phenoxy) is 2. The monoisotopic (exact) mass is 443 g/mol. The molecule has 1 N–H and O–H groups in total. The van der Waals surface area contributed by atoms with Crippen LogP contribution in [0.1, 0.15) is 36.2 Å². The molecule has 4 rings (SSSR count). The van der Waals surface area contributed by atoms with Gasteiger partial charge in [0.05, 0.1) is 13.2 Å². The quantitative estimate of drug-likeness (QED) is 0.768. The minimum atomic E-state index is -5.08. The average Bonchev–Trinajstić information content (AvgIpc) is 3.34. The molecule has 0 aliphatic carbocycles. The number of alkyl halides is 3. The van der Waals surface area contributed by atoms with Gasteiger partial charge < -0.3 is 19.1 Å². The van der Waals surface area contributed by atoms with E-state index in [9.17, 15) is 13.2 Å². The zero-order valence-corrected chi connectivity index (χ0v) is 17.1. The van der Waals surface area contributed by atoms with Gasteiger partial charge in [-0.15, -0.1) is 0 Å². The van der Waals surface area contributed by atoms with E-state index in [4.69, 9.17) is 23.9 Å². The SMILES string of the molecule is COc1ccc(CN2CC[C@H]3C[C@H](c4nc(C)no4)O[C@@H]3C2)cc1.O=C(O)C(F)(F)F. The molecule has 11 heteroatoms. The Morgan fingerprint density at radius 2 is 2.00 bits per heavy atom. The molecule has 0 saturated carbocycles. The van der Waals surface area contributed by atoms with Crippen molar-refractivity contribution >= 4 is 5.97 Å². The van der Waals surface area contributed by atoms with E-state index in [1.54, 1.807) is 7.11 Å². The van der Waals surface area contributed by atoms with E-state index < -0.39 is 12.1 Å². The Hall–Kier alpha value is -2.66. The molecule has 8 nitrogen and oxygen atoms in total. The highest BCUT2D eigenvalue weighted by Gasteiger charge is 2.41. The molecule has 0 amide bonds. The molecule has 170 valence electrons. The molecule has 0 radical (unpaired) electrons. The van der Waals surface area contributed by atoms with Crippen LogP contribution in [0.15, 0.2) is 28.8 Å². The van der Waals surface area contributed by atoms with Crippen molar-refractivity contribution in [1.82, 2.24) is 15.0 Å². The normalized spacial score (nSPS) is 23.6. The summed E-state index contributed by atoms with van der Waals surface area (Å²) in [6.45, 7) is 4.85. The summed E-state index contributed by atoms with van der Waals surface area (Å²) in [6.07, 6.45) is -2.72. The van der Waals surface area contributed by atoms with Crippen LogP contribution in [0, 0.1) is 12.8 Å². The van der Waals surface area contributed by atoms with Gasteiger partial charge in [0.1, 0.15) is 11.9 Å². The van der Waals surface area contributed by atoms with Crippen LogP contribution in [-0.4, -0.2) is 58.6 Å². The van der Waals surface area contributed by atoms with Crippen LogP contribution in [0.25, 0.3) is 0 Å². The molecule has 2 aromatic rings. The van der Waals surface area contributed by atoms with Crippen molar-refractivity contribution < 1.29 is 37.1 Å². The van der Waals surface area contributed by atoms with Gasteiger partial charge in [0.25, 0.3) is 5.89 Å². The van der Waals surface area contributed by atoms with Gasteiger partial charge in [-0.1, -0.05) is 17.3 Å². The predicted molar refractivity (Wildman–Crippen MR) is 101 cm³/mol. The van der Waals surface area contributed by atoms with Crippen LogP contribution in [-0.2, 0) is 16.1 Å². The molecule has 2 fully saturated rings. The van der Waals surface area contributed by atoms with Gasteiger partial charge in [0.15, 0.2) is 5.82 Å². The van der Waals surface area contributed by atoms with Crippen LogP contribution in [0.5, 0.6) is 5.75 Å². The topological polar surface area (TPSA) is 97.9 Å². The lowest BCUT2D eigenvalue weighted by Gasteiger charge is -2.34. The Kier molecular flexibility index (Phi) is 7.16. The Balaban J connectivity index is 0.000000339. The van der Waals surface area contributed by atoms with E-state index in [2.05, 4.69) is 27.2 Å². The summed E-state index contributed by atoms with van der Waals surface area (Å²) in [7, 11) is 1.69. The van der Waals surface area contributed by atoms with E-state index in [0.717, 1.165) is 38.2 Å². The second-order valence-corrected chi connectivity index (χ2v) is 7.51. The Morgan fingerprint density at radius 3 is 2.55 bits per heavy atom. The lowest BCUT2D eigenvalue weighted by Crippen LogP contribution is -2.41. The first-order chi connectivity index (χ1) is 14.7. The first-order valence-corrected chi connectivity index (χ1v) is 9.76. The molecule has 0 unspecified atom stereocenters. The van der Waals surface area contributed by atoms with Crippen molar-refractivity contribution in [2.45, 2.75) is 44.7 Å². The average molecular weight is 443 g/mol. The molecule has 2 aliphatic rings. The summed E-state index contributed by atoms with van der Waals surface area (Å²) in [5, 5.41) is 11.0. The fraction of sp³-hybridized carbons (Fsp3) is 0.550. The number of aromatic nitrogens is 2. The molecule has 2 aliphatic heterocycles. The van der Waals surface area contributed by atoms with Crippen molar-refractivity contribution in [1.29, 1.82) is 0 Å². The zero-order chi connectivity index (χ0) is 22.6. The lowest BCUT2D eigenvalue weighted by atomic mass is 9.91. The highest BCUT2D eigenvalue weighted by atomic mass is 19.4. The summed E-state index contributed by atoms with van der Waals surface area (Å²) >= 11 is 0. The van der Waals surface area contributed by atoms with Crippen molar-refractivity contribution in [3.63, 3.8) is 0 Å². The number of nitrogens with zero attached hydrogens (tertiary/aromatic N) is 3. The third kappa shape index (κ3) is 6.17. The smallest absolute Gasteiger partial charge is 0.490 e. The second kappa shape index (κ2) is 9.65. The van der Waals surface area contributed by atoms with E-state index >= 15 is 0 Å². The maximum atomic E-state index is 10.6. The minimum absolute atomic E-state index is 0.0397. The molecule has 0 spiro atoms. The van der Waals surface area contributed by atoms with Crippen LogP contribution in [0.2, 0.25) is 0 Å². The molecular weight excluding hydrogens is 419 g/mol. The molecule has 3 heterocycles. The molecular formula is C20H24F3N3O5. The highest BCUT2D eigenvalue weighted by Crippen LogP contribution is 2.40. The van der Waals surface area contributed by atoms with Crippen molar-refractivity contribution in [2.75, 3.05) is 20.2 Å². The number of aryl methyl sites for hydroxylation is 1.